The largest absolute Gasteiger partial charge is 0.478 e. The van der Waals surface area contributed by atoms with Gasteiger partial charge in [-0.25, -0.2) is 9.59 Å². The Bertz CT molecular complexity index is 304. The van der Waals surface area contributed by atoms with Gasteiger partial charge in [0.2, 0.25) is 0 Å². The highest BCUT2D eigenvalue weighted by atomic mass is 35.5. The summed E-state index contributed by atoms with van der Waals surface area (Å²) in [6, 6.07) is 0. The zero-order valence-corrected chi connectivity index (χ0v) is 10.2. The summed E-state index contributed by atoms with van der Waals surface area (Å²) in [7, 11) is 1.24. The third-order valence-electron chi connectivity index (χ3n) is 1.10. The van der Waals surface area contributed by atoms with Gasteiger partial charge in [0.05, 0.1) is 11.6 Å². The van der Waals surface area contributed by atoms with Crippen LogP contribution in [0.2, 0.25) is 0 Å². The van der Waals surface area contributed by atoms with Gasteiger partial charge in [-0.2, -0.15) is 0 Å². The van der Waals surface area contributed by atoms with Gasteiger partial charge in [0.1, 0.15) is 0 Å². The number of methoxy groups -OCH3 is 1. The predicted octanol–water partition coefficient (Wildman–Crippen LogP) is 2.68. The number of carboxylic acids is 1. The molecule has 0 aliphatic carbocycles. The Hall–Kier alpha value is -1.26. The number of hydrogen-bond acceptors (Lipinski definition) is 3. The summed E-state index contributed by atoms with van der Waals surface area (Å²) in [4.78, 5) is 20.7. The lowest BCUT2D eigenvalue weighted by Crippen LogP contribution is -2.02. The lowest BCUT2D eigenvalue weighted by atomic mass is 10.2. The fraction of sp³-hybridized carbons (Fsp3) is 0.200. The van der Waals surface area contributed by atoms with Crippen LogP contribution in [0, 0.1) is 0 Å². The average Bonchev–Trinajstić information content (AvgIpc) is 2.14. The molecule has 6 heteroatoms. The van der Waals surface area contributed by atoms with E-state index in [1.807, 2.05) is 0 Å². The minimum atomic E-state index is -1.05. The molecule has 0 aliphatic heterocycles. The van der Waals surface area contributed by atoms with Crippen molar-refractivity contribution in [1.29, 1.82) is 0 Å². The Morgan fingerprint density at radius 2 is 1.81 bits per heavy atom. The van der Waals surface area contributed by atoms with E-state index in [0.29, 0.717) is 0 Å². The van der Waals surface area contributed by atoms with Crippen molar-refractivity contribution >= 4 is 35.1 Å². The van der Waals surface area contributed by atoms with E-state index in [9.17, 15) is 9.59 Å². The van der Waals surface area contributed by atoms with Crippen molar-refractivity contribution in [3.8, 4) is 0 Å². The van der Waals surface area contributed by atoms with E-state index in [2.05, 4.69) is 17.9 Å². The topological polar surface area (TPSA) is 63.6 Å². The average molecular weight is 267 g/mol. The molecule has 0 saturated carbocycles. The first kappa shape index (κ1) is 17.1. The molecule has 0 saturated heterocycles. The first-order chi connectivity index (χ1) is 7.31. The van der Waals surface area contributed by atoms with Crippen molar-refractivity contribution in [3.05, 3.63) is 35.4 Å². The number of hydrogen-bond donors (Lipinski definition) is 1. The SMILES string of the molecule is C=C(CC=CC(=O)O)C(=O)OC.C=C(Cl)Cl. The van der Waals surface area contributed by atoms with Gasteiger partial charge in [-0.05, 0) is 6.42 Å². The molecular formula is C10H12Cl2O4. The summed E-state index contributed by atoms with van der Waals surface area (Å²) in [5.74, 6) is -1.57. The molecule has 0 amide bonds. The van der Waals surface area contributed by atoms with Crippen LogP contribution in [0.25, 0.3) is 0 Å². The van der Waals surface area contributed by atoms with Crippen molar-refractivity contribution in [2.24, 2.45) is 0 Å². The maximum Gasteiger partial charge on any atom is 0.333 e. The summed E-state index contributed by atoms with van der Waals surface area (Å²) < 4.78 is 4.46. The van der Waals surface area contributed by atoms with Crippen molar-refractivity contribution in [2.75, 3.05) is 7.11 Å². The zero-order valence-electron chi connectivity index (χ0n) is 8.70. The summed E-state index contributed by atoms with van der Waals surface area (Å²) >= 11 is 9.69. The fourth-order valence-corrected chi connectivity index (χ4v) is 0.530. The highest BCUT2D eigenvalue weighted by molar-refractivity contribution is 6.55. The second kappa shape index (κ2) is 10.3. The predicted molar refractivity (Wildman–Crippen MR) is 63.4 cm³/mol. The summed E-state index contributed by atoms with van der Waals surface area (Å²) in [6.07, 6.45) is 2.48. The van der Waals surface area contributed by atoms with Crippen LogP contribution in [-0.4, -0.2) is 24.2 Å². The second-order valence-electron chi connectivity index (χ2n) is 2.38. The maximum atomic E-state index is 10.7. The number of ether oxygens (including phenoxy) is 1. The molecule has 0 unspecified atom stereocenters. The fourth-order valence-electron chi connectivity index (χ4n) is 0.530. The van der Waals surface area contributed by atoms with E-state index >= 15 is 0 Å². The van der Waals surface area contributed by atoms with Gasteiger partial charge in [-0.1, -0.05) is 42.4 Å². The van der Waals surface area contributed by atoms with Crippen molar-refractivity contribution in [1.82, 2.24) is 0 Å². The van der Waals surface area contributed by atoms with Gasteiger partial charge in [-0.3, -0.25) is 0 Å². The summed E-state index contributed by atoms with van der Waals surface area (Å²) in [6.45, 7) is 6.49. The molecule has 0 radical (unpaired) electrons. The van der Waals surface area contributed by atoms with Crippen LogP contribution in [0.15, 0.2) is 35.4 Å². The number of allylic oxidation sites excluding steroid dienone is 1. The minimum absolute atomic E-state index is 0.111. The van der Waals surface area contributed by atoms with E-state index in [1.54, 1.807) is 0 Å². The molecule has 0 atom stereocenters. The number of carboxylic acid groups (broad SMARTS) is 1. The minimum Gasteiger partial charge on any atom is -0.478 e. The third kappa shape index (κ3) is 15.2. The molecule has 0 aromatic carbocycles. The molecule has 0 heterocycles. The van der Waals surface area contributed by atoms with Crippen LogP contribution < -0.4 is 0 Å². The molecule has 1 N–H and O–H groups in total. The summed E-state index contributed by atoms with van der Waals surface area (Å²) in [5.41, 5.74) is 0.231. The third-order valence-corrected chi connectivity index (χ3v) is 1.10. The number of carbonyl (C=O) groups excluding carboxylic acids is 1. The van der Waals surface area contributed by atoms with Crippen LogP contribution in [-0.2, 0) is 14.3 Å². The van der Waals surface area contributed by atoms with Gasteiger partial charge >= 0.3 is 11.9 Å². The molecule has 0 bridgehead atoms. The van der Waals surface area contributed by atoms with E-state index in [0.717, 1.165) is 6.08 Å². The Morgan fingerprint density at radius 3 is 2.12 bits per heavy atom. The van der Waals surface area contributed by atoms with Gasteiger partial charge in [-0.15, -0.1) is 0 Å². The van der Waals surface area contributed by atoms with Crippen LogP contribution in [0.3, 0.4) is 0 Å². The molecule has 4 nitrogen and oxygen atoms in total. The number of esters is 1. The van der Waals surface area contributed by atoms with Gasteiger partial charge in [0, 0.05) is 11.6 Å². The van der Waals surface area contributed by atoms with E-state index < -0.39 is 11.9 Å². The molecule has 0 spiro atoms. The summed E-state index contributed by atoms with van der Waals surface area (Å²) in [5, 5.41) is 8.19. The van der Waals surface area contributed by atoms with Crippen LogP contribution in [0.4, 0.5) is 0 Å². The van der Waals surface area contributed by atoms with E-state index in [4.69, 9.17) is 28.3 Å². The Morgan fingerprint density at radius 1 is 1.38 bits per heavy atom. The molecule has 0 aromatic rings. The van der Waals surface area contributed by atoms with Gasteiger partial charge in [0.25, 0.3) is 0 Å². The Labute approximate surface area is 104 Å². The normalized spacial score (nSPS) is 8.94. The lowest BCUT2D eigenvalue weighted by Gasteiger charge is -1.97. The lowest BCUT2D eigenvalue weighted by molar-refractivity contribution is -0.136. The van der Waals surface area contributed by atoms with Crippen LogP contribution >= 0.6 is 23.2 Å². The molecule has 16 heavy (non-hydrogen) atoms. The first-order valence-corrected chi connectivity index (χ1v) is 4.72. The first-order valence-electron chi connectivity index (χ1n) is 3.96. The van der Waals surface area contributed by atoms with Crippen molar-refractivity contribution in [3.63, 3.8) is 0 Å². The second-order valence-corrected chi connectivity index (χ2v) is 3.48. The van der Waals surface area contributed by atoms with Crippen LogP contribution in [0.1, 0.15) is 6.42 Å². The number of carbonyl (C=O) groups is 2. The molecular weight excluding hydrogens is 255 g/mol. The maximum absolute atomic E-state index is 10.7. The quantitative estimate of drug-likeness (QED) is 0.628. The number of rotatable bonds is 4. The number of halogens is 2. The number of aliphatic carboxylic acids is 1. The van der Waals surface area contributed by atoms with E-state index in [1.165, 1.54) is 13.2 Å². The molecule has 0 aliphatic rings. The van der Waals surface area contributed by atoms with E-state index in [-0.39, 0.29) is 16.5 Å². The standard InChI is InChI=1S/C8H10O4.C2H2Cl2/c1-6(8(11)12-2)4-3-5-7(9)10;1-2(3)4/h3,5H,1,4H2,2H3,(H,9,10);1H2. The smallest absolute Gasteiger partial charge is 0.333 e. The van der Waals surface area contributed by atoms with Gasteiger partial charge in [0.15, 0.2) is 0 Å². The zero-order chi connectivity index (χ0) is 13.1. The Balaban J connectivity index is 0. The highest BCUT2D eigenvalue weighted by Gasteiger charge is 2.03. The molecule has 0 aromatic heterocycles. The van der Waals surface area contributed by atoms with Crippen molar-refractivity contribution < 1.29 is 19.4 Å². The van der Waals surface area contributed by atoms with Crippen LogP contribution in [0.5, 0.6) is 0 Å². The van der Waals surface area contributed by atoms with Gasteiger partial charge < -0.3 is 9.84 Å². The van der Waals surface area contributed by atoms with Crippen molar-refractivity contribution in [2.45, 2.75) is 6.42 Å². The molecule has 90 valence electrons. The molecule has 0 rings (SSSR count). The highest BCUT2D eigenvalue weighted by Crippen LogP contribution is 2.00. The molecule has 0 fully saturated rings. The Kier molecular flexibility index (Phi) is 11.0. The monoisotopic (exact) mass is 266 g/mol.